The molecule has 0 saturated carbocycles. The summed E-state index contributed by atoms with van der Waals surface area (Å²) in [6, 6.07) is 4.98. The van der Waals surface area contributed by atoms with Crippen LogP contribution in [0.2, 0.25) is 0 Å². The van der Waals surface area contributed by atoms with Gasteiger partial charge in [-0.15, -0.1) is 0 Å². The Morgan fingerprint density at radius 2 is 2.09 bits per heavy atom. The molecule has 0 unspecified atom stereocenters. The van der Waals surface area contributed by atoms with Gasteiger partial charge in [0.2, 0.25) is 5.91 Å². The number of aryl methyl sites for hydroxylation is 1. The molecule has 1 aliphatic heterocycles. The lowest BCUT2D eigenvalue weighted by molar-refractivity contribution is -0.124. The summed E-state index contributed by atoms with van der Waals surface area (Å²) < 4.78 is 5.02. The van der Waals surface area contributed by atoms with Crippen LogP contribution in [0, 0.1) is 5.92 Å². The van der Waals surface area contributed by atoms with Gasteiger partial charge in [-0.05, 0) is 42.5 Å². The number of carbonyl (C=O) groups excluding carboxylic acids is 3. The molecule has 0 atom stereocenters. The highest BCUT2D eigenvalue weighted by Crippen LogP contribution is 2.23. The smallest absolute Gasteiger partial charge is 0.338 e. The lowest BCUT2D eigenvalue weighted by atomic mass is 10.0. The summed E-state index contributed by atoms with van der Waals surface area (Å²) >= 11 is 0. The van der Waals surface area contributed by atoms with Gasteiger partial charge in [-0.3, -0.25) is 9.59 Å². The number of ether oxygens (including phenoxy) is 1. The predicted molar refractivity (Wildman–Crippen MR) is 86.1 cm³/mol. The summed E-state index contributed by atoms with van der Waals surface area (Å²) in [6.45, 7) is 4.44. The van der Waals surface area contributed by atoms with Gasteiger partial charge >= 0.3 is 5.97 Å². The number of benzene rings is 1. The van der Waals surface area contributed by atoms with E-state index in [1.54, 1.807) is 18.2 Å². The second kappa shape index (κ2) is 7.76. The highest BCUT2D eigenvalue weighted by Gasteiger charge is 2.17. The Balaban J connectivity index is 1.84. The van der Waals surface area contributed by atoms with Crippen LogP contribution in [-0.4, -0.2) is 30.9 Å². The number of amides is 2. The van der Waals surface area contributed by atoms with Crippen molar-refractivity contribution in [3.05, 3.63) is 29.3 Å². The van der Waals surface area contributed by atoms with Crippen molar-refractivity contribution in [2.75, 3.05) is 18.5 Å². The third-order valence-electron chi connectivity index (χ3n) is 3.61. The lowest BCUT2D eigenvalue weighted by Gasteiger charge is -2.17. The standard InChI is InChI=1S/C17H22N2O4/c1-11(2)7-8-18-16(21)10-23-17(22)13-3-5-14-12(9-13)4-6-15(20)19-14/h3,5,9,11H,4,6-8,10H2,1-2H3,(H,18,21)(H,19,20). The molecular weight excluding hydrogens is 296 g/mol. The molecular formula is C17H22N2O4. The molecule has 124 valence electrons. The van der Waals surface area contributed by atoms with Gasteiger partial charge in [0.05, 0.1) is 5.56 Å². The normalized spacial score (nSPS) is 13.3. The minimum absolute atomic E-state index is 0.0223. The number of hydrogen-bond acceptors (Lipinski definition) is 4. The van der Waals surface area contributed by atoms with Crippen LogP contribution in [0.25, 0.3) is 0 Å². The highest BCUT2D eigenvalue weighted by molar-refractivity contribution is 5.96. The Morgan fingerprint density at radius 3 is 2.83 bits per heavy atom. The molecule has 6 heteroatoms. The summed E-state index contributed by atoms with van der Waals surface area (Å²) in [6.07, 6.45) is 1.89. The second-order valence-corrected chi connectivity index (χ2v) is 6.03. The number of carbonyl (C=O) groups is 3. The average Bonchev–Trinajstić information content (AvgIpc) is 2.51. The topological polar surface area (TPSA) is 84.5 Å². The molecule has 1 aliphatic rings. The van der Waals surface area contributed by atoms with Crippen molar-refractivity contribution < 1.29 is 19.1 Å². The van der Waals surface area contributed by atoms with E-state index < -0.39 is 5.97 Å². The van der Waals surface area contributed by atoms with E-state index in [1.165, 1.54) is 0 Å². The van der Waals surface area contributed by atoms with Gasteiger partial charge in [0, 0.05) is 18.7 Å². The van der Waals surface area contributed by atoms with Crippen molar-refractivity contribution in [3.8, 4) is 0 Å². The van der Waals surface area contributed by atoms with E-state index in [2.05, 4.69) is 24.5 Å². The van der Waals surface area contributed by atoms with Crippen LogP contribution in [0.4, 0.5) is 5.69 Å². The maximum atomic E-state index is 12.0. The number of hydrogen-bond donors (Lipinski definition) is 2. The average molecular weight is 318 g/mol. The molecule has 0 bridgehead atoms. The lowest BCUT2D eigenvalue weighted by Crippen LogP contribution is -2.30. The predicted octanol–water partition coefficient (Wildman–Crippen LogP) is 1.89. The van der Waals surface area contributed by atoms with Gasteiger partial charge in [-0.1, -0.05) is 13.8 Å². The molecule has 0 saturated heterocycles. The van der Waals surface area contributed by atoms with Crippen molar-refractivity contribution in [3.63, 3.8) is 0 Å². The molecule has 2 amide bonds. The minimum Gasteiger partial charge on any atom is -0.452 e. The fourth-order valence-electron chi connectivity index (χ4n) is 2.28. The molecule has 0 aliphatic carbocycles. The zero-order chi connectivity index (χ0) is 16.8. The van der Waals surface area contributed by atoms with Crippen molar-refractivity contribution in [2.24, 2.45) is 5.92 Å². The number of esters is 1. The van der Waals surface area contributed by atoms with Gasteiger partial charge in [-0.2, -0.15) is 0 Å². The Labute approximate surface area is 135 Å². The van der Waals surface area contributed by atoms with E-state index in [1.807, 2.05) is 0 Å². The number of fused-ring (bicyclic) bond motifs is 1. The minimum atomic E-state index is -0.538. The Bertz CT molecular complexity index is 611. The maximum Gasteiger partial charge on any atom is 0.338 e. The second-order valence-electron chi connectivity index (χ2n) is 6.03. The molecule has 6 nitrogen and oxygen atoms in total. The first kappa shape index (κ1) is 17.0. The van der Waals surface area contributed by atoms with Crippen molar-refractivity contribution in [2.45, 2.75) is 33.1 Å². The van der Waals surface area contributed by atoms with Gasteiger partial charge < -0.3 is 15.4 Å². The monoisotopic (exact) mass is 318 g/mol. The summed E-state index contributed by atoms with van der Waals surface area (Å²) in [5.74, 6) is -0.354. The fourth-order valence-corrected chi connectivity index (χ4v) is 2.28. The van der Waals surface area contributed by atoms with Gasteiger partial charge in [-0.25, -0.2) is 4.79 Å². The van der Waals surface area contributed by atoms with Crippen LogP contribution in [0.3, 0.4) is 0 Å². The SMILES string of the molecule is CC(C)CCNC(=O)COC(=O)c1ccc2c(c1)CCC(=O)N2. The molecule has 1 aromatic rings. The van der Waals surface area contributed by atoms with E-state index in [9.17, 15) is 14.4 Å². The summed E-state index contributed by atoms with van der Waals surface area (Å²) in [4.78, 5) is 34.9. The number of nitrogens with one attached hydrogen (secondary N) is 2. The molecule has 23 heavy (non-hydrogen) atoms. The first-order valence-electron chi connectivity index (χ1n) is 7.82. The van der Waals surface area contributed by atoms with Gasteiger partial charge in [0.1, 0.15) is 0 Å². The third-order valence-corrected chi connectivity index (χ3v) is 3.61. The Kier molecular flexibility index (Phi) is 5.73. The Morgan fingerprint density at radius 1 is 1.30 bits per heavy atom. The van der Waals surface area contributed by atoms with E-state index in [0.29, 0.717) is 30.9 Å². The Hall–Kier alpha value is -2.37. The molecule has 0 aromatic heterocycles. The van der Waals surface area contributed by atoms with Crippen LogP contribution in [0.5, 0.6) is 0 Å². The first-order valence-corrected chi connectivity index (χ1v) is 7.82. The van der Waals surface area contributed by atoms with Gasteiger partial charge in [0.15, 0.2) is 6.61 Å². The molecule has 1 heterocycles. The molecule has 0 spiro atoms. The fraction of sp³-hybridized carbons (Fsp3) is 0.471. The van der Waals surface area contributed by atoms with Crippen LogP contribution < -0.4 is 10.6 Å². The maximum absolute atomic E-state index is 12.0. The van der Waals surface area contributed by atoms with Crippen LogP contribution in [0.1, 0.15) is 42.6 Å². The van der Waals surface area contributed by atoms with Crippen LogP contribution in [-0.2, 0) is 20.7 Å². The van der Waals surface area contributed by atoms with E-state index in [0.717, 1.165) is 17.7 Å². The zero-order valence-corrected chi connectivity index (χ0v) is 13.5. The van der Waals surface area contributed by atoms with Crippen LogP contribution in [0.15, 0.2) is 18.2 Å². The summed E-state index contributed by atoms with van der Waals surface area (Å²) in [5, 5.41) is 5.47. The number of anilines is 1. The zero-order valence-electron chi connectivity index (χ0n) is 13.5. The van der Waals surface area contributed by atoms with E-state index >= 15 is 0 Å². The third kappa shape index (κ3) is 5.09. The molecule has 0 radical (unpaired) electrons. The quantitative estimate of drug-likeness (QED) is 0.785. The van der Waals surface area contributed by atoms with E-state index in [-0.39, 0.29) is 18.4 Å². The highest BCUT2D eigenvalue weighted by atomic mass is 16.5. The van der Waals surface area contributed by atoms with Crippen molar-refractivity contribution in [1.82, 2.24) is 5.32 Å². The van der Waals surface area contributed by atoms with Crippen LogP contribution >= 0.6 is 0 Å². The van der Waals surface area contributed by atoms with Crippen molar-refractivity contribution >= 4 is 23.5 Å². The summed E-state index contributed by atoms with van der Waals surface area (Å²) in [5.41, 5.74) is 2.01. The van der Waals surface area contributed by atoms with E-state index in [4.69, 9.17) is 4.74 Å². The first-order chi connectivity index (χ1) is 11.0. The van der Waals surface area contributed by atoms with Gasteiger partial charge in [0.25, 0.3) is 5.91 Å². The molecule has 2 rings (SSSR count). The largest absolute Gasteiger partial charge is 0.452 e. The molecule has 2 N–H and O–H groups in total. The van der Waals surface area contributed by atoms with Crippen molar-refractivity contribution in [1.29, 1.82) is 0 Å². The molecule has 1 aromatic carbocycles. The molecule has 0 fully saturated rings. The number of rotatable bonds is 6. The summed E-state index contributed by atoms with van der Waals surface area (Å²) in [7, 11) is 0.